The molecule has 2 aromatic heterocycles. The molecule has 0 bridgehead atoms. The van der Waals surface area contributed by atoms with E-state index in [1.165, 1.54) is 5.57 Å². The highest BCUT2D eigenvalue weighted by atomic mass is 32.2. The van der Waals surface area contributed by atoms with E-state index in [9.17, 15) is 9.59 Å². The van der Waals surface area contributed by atoms with E-state index in [-0.39, 0.29) is 17.7 Å². The van der Waals surface area contributed by atoms with Gasteiger partial charge >= 0.3 is 0 Å². The van der Waals surface area contributed by atoms with Gasteiger partial charge in [-0.1, -0.05) is 6.08 Å². The van der Waals surface area contributed by atoms with Gasteiger partial charge in [0.1, 0.15) is 11.5 Å². The van der Waals surface area contributed by atoms with Gasteiger partial charge in [0.05, 0.1) is 6.54 Å². The number of H-pyrrole nitrogens is 1. The average Bonchev–Trinajstić information content (AvgIpc) is 3.52. The van der Waals surface area contributed by atoms with Crippen molar-refractivity contribution in [2.75, 3.05) is 49.5 Å². The Hall–Kier alpha value is -2.32. The molecule has 0 atom stereocenters. The summed E-state index contributed by atoms with van der Waals surface area (Å²) >= 11 is 1.96. The number of aromatic nitrogens is 2. The minimum absolute atomic E-state index is 0.0601. The van der Waals surface area contributed by atoms with Gasteiger partial charge in [-0.3, -0.25) is 14.5 Å². The van der Waals surface area contributed by atoms with Crippen LogP contribution < -0.4 is 5.32 Å². The number of aromatic amines is 1. The molecule has 0 spiro atoms. The first-order valence-electron chi connectivity index (χ1n) is 10.7. The smallest absolute Gasteiger partial charge is 0.237 e. The van der Waals surface area contributed by atoms with Crippen LogP contribution in [0.5, 0.6) is 0 Å². The van der Waals surface area contributed by atoms with Crippen molar-refractivity contribution in [2.45, 2.75) is 19.3 Å². The molecule has 5 rings (SSSR count). The number of nitrogens with one attached hydrogen (secondary N) is 2. The highest BCUT2D eigenvalue weighted by Gasteiger charge is 2.30. The maximum Gasteiger partial charge on any atom is 0.237 e. The van der Waals surface area contributed by atoms with Crippen LogP contribution in [0, 0.1) is 5.92 Å². The van der Waals surface area contributed by atoms with Crippen LogP contribution in [-0.4, -0.2) is 75.8 Å². The molecule has 158 valence electrons. The zero-order valence-corrected chi connectivity index (χ0v) is 17.8. The van der Waals surface area contributed by atoms with Gasteiger partial charge in [0.2, 0.25) is 11.8 Å². The predicted octanol–water partition coefficient (Wildman–Crippen LogP) is 2.58. The van der Waals surface area contributed by atoms with E-state index in [4.69, 9.17) is 0 Å². The summed E-state index contributed by atoms with van der Waals surface area (Å²) in [5.41, 5.74) is 3.08. The Morgan fingerprint density at radius 1 is 1.23 bits per heavy atom. The highest BCUT2D eigenvalue weighted by Crippen LogP contribution is 2.33. The number of hydrogen-bond acceptors (Lipinski definition) is 5. The van der Waals surface area contributed by atoms with Gasteiger partial charge in [0, 0.05) is 55.2 Å². The van der Waals surface area contributed by atoms with E-state index < -0.39 is 0 Å². The fraction of sp³-hybridized carbons (Fsp3) is 0.500. The summed E-state index contributed by atoms with van der Waals surface area (Å²) in [5, 5.41) is 4.02. The van der Waals surface area contributed by atoms with Crippen LogP contribution >= 0.6 is 11.8 Å². The number of carbonyl (C=O) groups is 2. The van der Waals surface area contributed by atoms with Gasteiger partial charge in [0.15, 0.2) is 0 Å². The lowest BCUT2D eigenvalue weighted by atomic mass is 9.97. The topological polar surface area (TPSA) is 81.3 Å². The Labute approximate surface area is 180 Å². The van der Waals surface area contributed by atoms with Crippen molar-refractivity contribution in [2.24, 2.45) is 5.92 Å². The van der Waals surface area contributed by atoms with Crippen molar-refractivity contribution in [1.29, 1.82) is 0 Å². The van der Waals surface area contributed by atoms with E-state index in [0.29, 0.717) is 18.9 Å². The van der Waals surface area contributed by atoms with Crippen molar-refractivity contribution in [1.82, 2.24) is 19.8 Å². The molecule has 2 fully saturated rings. The largest absolute Gasteiger partial charge is 0.346 e. The Morgan fingerprint density at radius 3 is 2.80 bits per heavy atom. The van der Waals surface area contributed by atoms with E-state index in [1.807, 2.05) is 35.0 Å². The highest BCUT2D eigenvalue weighted by molar-refractivity contribution is 7.99. The Bertz CT molecular complexity index is 991. The van der Waals surface area contributed by atoms with Crippen LogP contribution in [0.15, 0.2) is 24.4 Å². The average molecular weight is 426 g/mol. The molecule has 1 aliphatic carbocycles. The third-order valence-electron chi connectivity index (χ3n) is 6.10. The van der Waals surface area contributed by atoms with Crippen molar-refractivity contribution in [3.8, 4) is 0 Å². The van der Waals surface area contributed by atoms with E-state index in [1.54, 1.807) is 0 Å². The number of anilines is 1. The number of pyridine rings is 1. The van der Waals surface area contributed by atoms with Gasteiger partial charge in [-0.05, 0) is 42.5 Å². The summed E-state index contributed by atoms with van der Waals surface area (Å²) in [5.74, 6) is 3.25. The molecule has 2 amide bonds. The molecule has 2 aromatic rings. The minimum Gasteiger partial charge on any atom is -0.346 e. The van der Waals surface area contributed by atoms with Gasteiger partial charge in [-0.25, -0.2) is 4.98 Å². The van der Waals surface area contributed by atoms with E-state index in [0.717, 1.165) is 67.0 Å². The fourth-order valence-corrected chi connectivity index (χ4v) is 5.11. The molecule has 30 heavy (non-hydrogen) atoms. The summed E-state index contributed by atoms with van der Waals surface area (Å²) in [7, 11) is 0. The third-order valence-corrected chi connectivity index (χ3v) is 7.04. The van der Waals surface area contributed by atoms with E-state index >= 15 is 0 Å². The number of amides is 2. The molecule has 7 nitrogen and oxygen atoms in total. The van der Waals surface area contributed by atoms with Crippen molar-refractivity contribution >= 4 is 46.0 Å². The van der Waals surface area contributed by atoms with Crippen LogP contribution in [0.2, 0.25) is 0 Å². The van der Waals surface area contributed by atoms with Crippen LogP contribution in [0.4, 0.5) is 5.82 Å². The number of thioether (sulfide) groups is 1. The molecule has 1 saturated heterocycles. The van der Waals surface area contributed by atoms with Crippen LogP contribution in [0.3, 0.4) is 0 Å². The van der Waals surface area contributed by atoms with Crippen LogP contribution in [-0.2, 0) is 9.59 Å². The van der Waals surface area contributed by atoms with Gasteiger partial charge in [-0.2, -0.15) is 11.8 Å². The Balaban J connectivity index is 1.31. The van der Waals surface area contributed by atoms with Crippen LogP contribution in [0.1, 0.15) is 24.8 Å². The number of hydrogen-bond donors (Lipinski definition) is 2. The third kappa shape index (κ3) is 4.25. The molecule has 1 saturated carbocycles. The molecule has 2 aliphatic heterocycles. The normalized spacial score (nSPS) is 20.3. The standard InChI is InChI=1S/C22H27N5O2S/c28-20(14-26-9-11-30-12-10-26)27-7-4-15(5-8-27)18-13-19(25-22(29)16-1-2-16)24-21-17(18)3-6-23-21/h3-4,6,13,16H,1-2,5,7-12,14H2,(H2,23,24,25,29). The van der Waals surface area contributed by atoms with Gasteiger partial charge in [0.25, 0.3) is 0 Å². The summed E-state index contributed by atoms with van der Waals surface area (Å²) in [6, 6.07) is 4.00. The number of nitrogens with zero attached hydrogens (tertiary/aromatic N) is 3. The number of carbonyl (C=O) groups excluding carboxylic acids is 2. The molecular weight excluding hydrogens is 398 g/mol. The van der Waals surface area contributed by atoms with Crippen LogP contribution in [0.25, 0.3) is 16.6 Å². The first kappa shape index (κ1) is 19.6. The maximum absolute atomic E-state index is 12.7. The molecule has 0 radical (unpaired) electrons. The first-order valence-corrected chi connectivity index (χ1v) is 11.9. The minimum atomic E-state index is 0.0601. The van der Waals surface area contributed by atoms with E-state index in [2.05, 4.69) is 26.3 Å². The summed E-state index contributed by atoms with van der Waals surface area (Å²) in [6.07, 6.45) is 6.77. The quantitative estimate of drug-likeness (QED) is 0.770. The molecule has 3 aliphatic rings. The second-order valence-corrected chi connectivity index (χ2v) is 9.49. The Morgan fingerprint density at radius 2 is 2.07 bits per heavy atom. The monoisotopic (exact) mass is 425 g/mol. The summed E-state index contributed by atoms with van der Waals surface area (Å²) in [6.45, 7) is 3.89. The second kappa shape index (κ2) is 8.43. The van der Waals surface area contributed by atoms with Crippen molar-refractivity contribution in [3.05, 3.63) is 30.0 Å². The van der Waals surface area contributed by atoms with Crippen molar-refractivity contribution < 1.29 is 9.59 Å². The lowest BCUT2D eigenvalue weighted by Gasteiger charge is -2.31. The predicted molar refractivity (Wildman–Crippen MR) is 120 cm³/mol. The number of fused-ring (bicyclic) bond motifs is 1. The zero-order chi connectivity index (χ0) is 20.5. The fourth-order valence-electron chi connectivity index (χ4n) is 4.13. The Kier molecular flexibility index (Phi) is 5.52. The van der Waals surface area contributed by atoms with Gasteiger partial charge < -0.3 is 15.2 Å². The molecular formula is C22H27N5O2S. The lowest BCUT2D eigenvalue weighted by Crippen LogP contribution is -2.44. The maximum atomic E-state index is 12.7. The molecule has 0 unspecified atom stereocenters. The molecule has 0 aromatic carbocycles. The zero-order valence-electron chi connectivity index (χ0n) is 17.0. The lowest BCUT2D eigenvalue weighted by molar-refractivity contribution is -0.131. The molecule has 4 heterocycles. The van der Waals surface area contributed by atoms with Crippen molar-refractivity contribution in [3.63, 3.8) is 0 Å². The SMILES string of the molecule is O=C(Nc1cc(C2=CCN(C(=O)CN3CCSCC3)CC2)c2cc[nH]c2n1)C1CC1. The summed E-state index contributed by atoms with van der Waals surface area (Å²) in [4.78, 5) is 36.9. The van der Waals surface area contributed by atoms with Gasteiger partial charge in [-0.15, -0.1) is 0 Å². The number of rotatable bonds is 5. The molecule has 8 heteroatoms. The molecule has 2 N–H and O–H groups in total. The summed E-state index contributed by atoms with van der Waals surface area (Å²) < 4.78 is 0. The second-order valence-electron chi connectivity index (χ2n) is 8.27. The first-order chi connectivity index (χ1) is 14.7.